The maximum absolute atomic E-state index is 13.4. The highest BCUT2D eigenvalue weighted by Crippen LogP contribution is 2.35. The fourth-order valence-corrected chi connectivity index (χ4v) is 3.04. The molecule has 1 fully saturated rings. The second-order valence-electron chi connectivity index (χ2n) is 6.64. The first-order valence-corrected chi connectivity index (χ1v) is 9.02. The van der Waals surface area contributed by atoms with Crippen LogP contribution >= 0.6 is 0 Å². The fraction of sp³-hybridized carbons (Fsp3) is 0.368. The highest BCUT2D eigenvalue weighted by molar-refractivity contribution is 5.70. The first kappa shape index (κ1) is 20.4. The van der Waals surface area contributed by atoms with E-state index in [9.17, 15) is 18.0 Å². The lowest BCUT2D eigenvalue weighted by molar-refractivity contribution is -0.142. The van der Waals surface area contributed by atoms with Gasteiger partial charge in [0.25, 0.3) is 0 Å². The molecule has 0 saturated heterocycles. The molecule has 1 heterocycles. The number of hydrogen-bond acceptors (Lipinski definition) is 6. The summed E-state index contributed by atoms with van der Waals surface area (Å²) in [5.41, 5.74) is -0.556. The van der Waals surface area contributed by atoms with Crippen LogP contribution in [0.15, 0.2) is 30.5 Å². The maximum Gasteiger partial charge on any atom is 0.437 e. The Morgan fingerprint density at radius 1 is 1.24 bits per heavy atom. The normalized spacial score (nSPS) is 14.3. The number of ether oxygens (including phenoxy) is 1. The first-order valence-electron chi connectivity index (χ1n) is 9.02. The van der Waals surface area contributed by atoms with Crippen molar-refractivity contribution in [1.29, 1.82) is 5.26 Å². The van der Waals surface area contributed by atoms with Crippen LogP contribution in [0.1, 0.15) is 36.9 Å². The second kappa shape index (κ2) is 8.77. The summed E-state index contributed by atoms with van der Waals surface area (Å²) in [6.07, 6.45) is -0.886. The summed E-state index contributed by atoms with van der Waals surface area (Å²) in [5, 5.41) is 13.9. The van der Waals surface area contributed by atoms with Gasteiger partial charge in [-0.15, -0.1) is 0 Å². The number of halogens is 3. The lowest BCUT2D eigenvalue weighted by Gasteiger charge is -2.15. The minimum absolute atomic E-state index is 0.319. The van der Waals surface area contributed by atoms with E-state index in [1.54, 1.807) is 0 Å². The summed E-state index contributed by atoms with van der Waals surface area (Å²) in [6.45, 7) is 0.360. The summed E-state index contributed by atoms with van der Waals surface area (Å²) in [4.78, 5) is 19.1. The molecule has 1 aliphatic rings. The standard InChI is InChI=1S/C19H18F3N5O2/c20-19(21,22)16-15(29-18(28)25-10-13-3-1-2-4-13)11-24-17(27-16)26-14-7-5-12(9-23)6-8-14/h5-8,11,13H,1-4,10H2,(H,25,28)(H,24,26,27). The largest absolute Gasteiger partial charge is 0.437 e. The number of hydrogen-bond donors (Lipinski definition) is 2. The molecule has 10 heteroatoms. The predicted molar refractivity (Wildman–Crippen MR) is 97.5 cm³/mol. The minimum Gasteiger partial charge on any atom is -0.406 e. The van der Waals surface area contributed by atoms with E-state index >= 15 is 0 Å². The molecular formula is C19H18F3N5O2. The number of amides is 1. The Morgan fingerprint density at radius 2 is 1.93 bits per heavy atom. The molecule has 29 heavy (non-hydrogen) atoms. The van der Waals surface area contributed by atoms with Gasteiger partial charge in [0.2, 0.25) is 5.95 Å². The van der Waals surface area contributed by atoms with Gasteiger partial charge in [-0.25, -0.2) is 14.8 Å². The van der Waals surface area contributed by atoms with E-state index in [0.29, 0.717) is 23.7 Å². The second-order valence-corrected chi connectivity index (χ2v) is 6.64. The van der Waals surface area contributed by atoms with Crippen LogP contribution in [-0.4, -0.2) is 22.6 Å². The zero-order valence-corrected chi connectivity index (χ0v) is 15.3. The number of anilines is 2. The number of rotatable bonds is 5. The molecule has 152 valence electrons. The zero-order valence-electron chi connectivity index (χ0n) is 15.3. The molecule has 7 nitrogen and oxygen atoms in total. The van der Waals surface area contributed by atoms with Crippen molar-refractivity contribution in [3.63, 3.8) is 0 Å². The number of benzene rings is 1. The van der Waals surface area contributed by atoms with Crippen LogP contribution in [0.3, 0.4) is 0 Å². The van der Waals surface area contributed by atoms with Gasteiger partial charge in [-0.05, 0) is 43.0 Å². The summed E-state index contributed by atoms with van der Waals surface area (Å²) in [7, 11) is 0. The molecule has 0 unspecified atom stereocenters. The summed E-state index contributed by atoms with van der Waals surface area (Å²) >= 11 is 0. The molecule has 0 spiro atoms. The first-order chi connectivity index (χ1) is 13.8. The highest BCUT2D eigenvalue weighted by Gasteiger charge is 2.38. The van der Waals surface area contributed by atoms with E-state index in [-0.39, 0.29) is 5.95 Å². The van der Waals surface area contributed by atoms with Crippen molar-refractivity contribution in [2.24, 2.45) is 5.92 Å². The maximum atomic E-state index is 13.4. The summed E-state index contributed by atoms with van der Waals surface area (Å²) < 4.78 is 45.0. The minimum atomic E-state index is -4.84. The number of carbonyl (C=O) groups is 1. The number of nitrogens with one attached hydrogen (secondary N) is 2. The number of carbonyl (C=O) groups excluding carboxylic acids is 1. The molecule has 1 aromatic heterocycles. The Kier molecular flexibility index (Phi) is 6.16. The van der Waals surface area contributed by atoms with E-state index in [0.717, 1.165) is 31.9 Å². The molecule has 1 aromatic carbocycles. The van der Waals surface area contributed by atoms with E-state index in [4.69, 9.17) is 10.00 Å². The van der Waals surface area contributed by atoms with Crippen molar-refractivity contribution in [3.05, 3.63) is 41.7 Å². The SMILES string of the molecule is N#Cc1ccc(Nc2ncc(OC(=O)NCC3CCCC3)c(C(F)(F)F)n2)cc1. The van der Waals surface area contributed by atoms with Gasteiger partial charge < -0.3 is 15.4 Å². The van der Waals surface area contributed by atoms with Gasteiger partial charge in [0.05, 0.1) is 17.8 Å². The molecule has 0 atom stereocenters. The quantitative estimate of drug-likeness (QED) is 0.765. The van der Waals surface area contributed by atoms with Crippen molar-refractivity contribution in [2.45, 2.75) is 31.9 Å². The van der Waals surface area contributed by atoms with E-state index < -0.39 is 23.7 Å². The Labute approximate surface area is 164 Å². The van der Waals surface area contributed by atoms with Crippen LogP contribution in [0.25, 0.3) is 0 Å². The van der Waals surface area contributed by atoms with Gasteiger partial charge in [-0.3, -0.25) is 0 Å². The lowest BCUT2D eigenvalue weighted by Crippen LogP contribution is -2.31. The van der Waals surface area contributed by atoms with Crippen LogP contribution in [0.4, 0.5) is 29.6 Å². The van der Waals surface area contributed by atoms with Crippen LogP contribution < -0.4 is 15.4 Å². The summed E-state index contributed by atoms with van der Waals surface area (Å²) in [6, 6.07) is 7.96. The molecule has 2 N–H and O–H groups in total. The molecule has 1 saturated carbocycles. The predicted octanol–water partition coefficient (Wildman–Crippen LogP) is 4.39. The van der Waals surface area contributed by atoms with Gasteiger partial charge in [-0.1, -0.05) is 12.8 Å². The molecule has 1 amide bonds. The van der Waals surface area contributed by atoms with Crippen LogP contribution in [-0.2, 0) is 6.18 Å². The topological polar surface area (TPSA) is 99.9 Å². The number of nitrogens with zero attached hydrogens (tertiary/aromatic N) is 3. The summed E-state index contributed by atoms with van der Waals surface area (Å²) in [5.74, 6) is -0.771. The van der Waals surface area contributed by atoms with Gasteiger partial charge in [0.15, 0.2) is 11.4 Å². The average molecular weight is 405 g/mol. The van der Waals surface area contributed by atoms with Gasteiger partial charge in [-0.2, -0.15) is 18.4 Å². The Balaban J connectivity index is 1.71. The highest BCUT2D eigenvalue weighted by atomic mass is 19.4. The van der Waals surface area contributed by atoms with Crippen molar-refractivity contribution in [3.8, 4) is 11.8 Å². The number of nitriles is 1. The molecular weight excluding hydrogens is 387 g/mol. The molecule has 0 aliphatic heterocycles. The van der Waals surface area contributed by atoms with Crippen molar-refractivity contribution < 1.29 is 22.7 Å². The van der Waals surface area contributed by atoms with Gasteiger partial charge in [0.1, 0.15) is 0 Å². The monoisotopic (exact) mass is 405 g/mol. The molecule has 0 radical (unpaired) electrons. The molecule has 3 rings (SSSR count). The van der Waals surface area contributed by atoms with Gasteiger partial charge >= 0.3 is 12.3 Å². The van der Waals surface area contributed by atoms with Crippen LogP contribution in [0.5, 0.6) is 5.75 Å². The van der Waals surface area contributed by atoms with Crippen LogP contribution in [0, 0.1) is 17.2 Å². The van der Waals surface area contributed by atoms with Crippen molar-refractivity contribution in [1.82, 2.24) is 15.3 Å². The third kappa shape index (κ3) is 5.57. The van der Waals surface area contributed by atoms with Gasteiger partial charge in [0, 0.05) is 12.2 Å². The third-order valence-corrected chi connectivity index (χ3v) is 4.51. The van der Waals surface area contributed by atoms with Crippen LogP contribution in [0.2, 0.25) is 0 Å². The van der Waals surface area contributed by atoms with E-state index in [1.807, 2.05) is 6.07 Å². The Morgan fingerprint density at radius 3 is 2.55 bits per heavy atom. The average Bonchev–Trinajstić information content (AvgIpc) is 3.21. The molecule has 2 aromatic rings. The number of alkyl halides is 3. The molecule has 1 aliphatic carbocycles. The van der Waals surface area contributed by atoms with Crippen molar-refractivity contribution in [2.75, 3.05) is 11.9 Å². The Hall–Kier alpha value is -3.35. The number of aromatic nitrogens is 2. The van der Waals surface area contributed by atoms with E-state index in [1.165, 1.54) is 24.3 Å². The van der Waals surface area contributed by atoms with E-state index in [2.05, 4.69) is 20.6 Å². The zero-order chi connectivity index (χ0) is 20.9. The smallest absolute Gasteiger partial charge is 0.406 e. The van der Waals surface area contributed by atoms with Crippen molar-refractivity contribution >= 4 is 17.7 Å². The fourth-order valence-electron chi connectivity index (χ4n) is 3.04. The molecule has 0 bridgehead atoms. The third-order valence-electron chi connectivity index (χ3n) is 4.51. The Bertz CT molecular complexity index is 904. The lowest BCUT2D eigenvalue weighted by atomic mass is 10.1.